The number of fused-ring (bicyclic) bond motifs is 1. The van der Waals surface area contributed by atoms with Crippen molar-refractivity contribution in [2.75, 3.05) is 36.6 Å². The summed E-state index contributed by atoms with van der Waals surface area (Å²) in [5, 5.41) is 0. The average molecular weight is 362 g/mol. The third kappa shape index (κ3) is 2.47. The molecular weight excluding hydrogens is 340 g/mol. The van der Waals surface area contributed by atoms with Gasteiger partial charge in [-0.2, -0.15) is 4.98 Å². The number of hydrogen-bond donors (Lipinski definition) is 0. The minimum Gasteiger partial charge on any atom is -0.423 e. The maximum absolute atomic E-state index is 13.1. The van der Waals surface area contributed by atoms with Gasteiger partial charge in [-0.15, -0.1) is 0 Å². The van der Waals surface area contributed by atoms with E-state index in [0.29, 0.717) is 12.7 Å². The normalized spacial score (nSPS) is 19.4. The van der Waals surface area contributed by atoms with Crippen molar-refractivity contribution in [1.29, 1.82) is 0 Å². The number of carbonyl (C=O) groups excluding carboxylic acids is 1. The van der Waals surface area contributed by atoms with E-state index >= 15 is 0 Å². The first-order chi connectivity index (χ1) is 13.2. The van der Waals surface area contributed by atoms with Crippen LogP contribution in [0.15, 0.2) is 59.0 Å². The van der Waals surface area contributed by atoms with Gasteiger partial charge < -0.3 is 19.1 Å². The zero-order valence-electron chi connectivity index (χ0n) is 15.3. The van der Waals surface area contributed by atoms with E-state index in [0.717, 1.165) is 42.7 Å². The van der Waals surface area contributed by atoms with E-state index in [1.807, 2.05) is 54.4 Å². The molecule has 6 nitrogen and oxygen atoms in total. The highest BCUT2D eigenvalue weighted by Gasteiger charge is 2.53. The number of para-hydroxylation sites is 3. The summed E-state index contributed by atoms with van der Waals surface area (Å²) >= 11 is 0. The van der Waals surface area contributed by atoms with Crippen molar-refractivity contribution in [1.82, 2.24) is 9.88 Å². The number of piperidine rings is 1. The topological polar surface area (TPSA) is 52.8 Å². The van der Waals surface area contributed by atoms with Crippen molar-refractivity contribution in [3.8, 4) is 0 Å². The molecule has 138 valence electrons. The quantitative estimate of drug-likeness (QED) is 0.701. The van der Waals surface area contributed by atoms with E-state index < -0.39 is 5.54 Å². The fraction of sp³-hybridized carbons (Fsp3) is 0.333. The first kappa shape index (κ1) is 16.2. The van der Waals surface area contributed by atoms with Crippen LogP contribution in [0.5, 0.6) is 0 Å². The number of oxazole rings is 1. The average Bonchev–Trinajstić information content (AvgIpc) is 3.25. The van der Waals surface area contributed by atoms with Gasteiger partial charge in [0.15, 0.2) is 5.58 Å². The molecule has 5 rings (SSSR count). The number of aromatic nitrogens is 1. The van der Waals surface area contributed by atoms with Gasteiger partial charge in [-0.3, -0.25) is 4.79 Å². The lowest BCUT2D eigenvalue weighted by atomic mass is 9.85. The van der Waals surface area contributed by atoms with E-state index in [1.165, 1.54) is 0 Å². The molecular formula is C21H22N4O2. The molecule has 0 aliphatic carbocycles. The summed E-state index contributed by atoms with van der Waals surface area (Å²) < 4.78 is 5.92. The van der Waals surface area contributed by atoms with Gasteiger partial charge in [-0.05, 0) is 37.1 Å². The maximum Gasteiger partial charge on any atom is 0.298 e. The molecule has 3 aromatic rings. The molecule has 0 saturated carbocycles. The number of carbonyl (C=O) groups is 1. The molecule has 2 aliphatic rings. The molecule has 2 fully saturated rings. The van der Waals surface area contributed by atoms with Crippen LogP contribution in [0.4, 0.5) is 11.7 Å². The predicted molar refractivity (Wildman–Crippen MR) is 105 cm³/mol. The van der Waals surface area contributed by atoms with Gasteiger partial charge in [0.25, 0.3) is 6.01 Å². The van der Waals surface area contributed by atoms with Crippen molar-refractivity contribution in [2.24, 2.45) is 0 Å². The second kappa shape index (κ2) is 6.01. The number of amides is 1. The smallest absolute Gasteiger partial charge is 0.298 e. The summed E-state index contributed by atoms with van der Waals surface area (Å²) in [5.41, 5.74) is 2.30. The Labute approximate surface area is 158 Å². The van der Waals surface area contributed by atoms with Crippen LogP contribution in [0.3, 0.4) is 0 Å². The van der Waals surface area contributed by atoms with Crippen molar-refractivity contribution >= 4 is 28.7 Å². The monoisotopic (exact) mass is 362 g/mol. The van der Waals surface area contributed by atoms with E-state index in [2.05, 4.69) is 26.9 Å². The highest BCUT2D eigenvalue weighted by atomic mass is 16.4. The summed E-state index contributed by atoms with van der Waals surface area (Å²) in [6.45, 7) is 2.12. The van der Waals surface area contributed by atoms with Crippen LogP contribution >= 0.6 is 0 Å². The lowest BCUT2D eigenvalue weighted by molar-refractivity contribution is -0.131. The molecule has 0 atom stereocenters. The van der Waals surface area contributed by atoms with Gasteiger partial charge >= 0.3 is 0 Å². The summed E-state index contributed by atoms with van der Waals surface area (Å²) in [6.07, 6.45) is 1.51. The van der Waals surface area contributed by atoms with E-state index in [4.69, 9.17) is 4.42 Å². The summed E-state index contributed by atoms with van der Waals surface area (Å²) in [7, 11) is 1.89. The van der Waals surface area contributed by atoms with E-state index in [-0.39, 0.29) is 5.91 Å². The van der Waals surface area contributed by atoms with Crippen LogP contribution in [0, 0.1) is 0 Å². The summed E-state index contributed by atoms with van der Waals surface area (Å²) in [4.78, 5) is 23.9. The number of rotatable bonds is 2. The third-order valence-corrected chi connectivity index (χ3v) is 5.83. The Bertz CT molecular complexity index is 943. The number of anilines is 2. The molecule has 0 unspecified atom stereocenters. The minimum absolute atomic E-state index is 0.212. The molecule has 1 amide bonds. The number of likely N-dealkylation sites (N-methyl/N-ethyl adjacent to an activating group) is 1. The molecule has 3 heterocycles. The van der Waals surface area contributed by atoms with E-state index in [9.17, 15) is 4.79 Å². The molecule has 2 saturated heterocycles. The zero-order chi connectivity index (χ0) is 18.4. The van der Waals surface area contributed by atoms with E-state index in [1.54, 1.807) is 0 Å². The fourth-order valence-electron chi connectivity index (χ4n) is 4.37. The minimum atomic E-state index is -0.474. The molecule has 2 aromatic carbocycles. The molecule has 0 N–H and O–H groups in total. The second-order valence-electron chi connectivity index (χ2n) is 7.39. The number of hydrogen-bond acceptors (Lipinski definition) is 5. The van der Waals surface area contributed by atoms with Crippen LogP contribution < -0.4 is 9.80 Å². The summed E-state index contributed by atoms with van der Waals surface area (Å²) in [5.74, 6) is 0.212. The first-order valence-electron chi connectivity index (χ1n) is 9.36. The highest BCUT2D eigenvalue weighted by molar-refractivity contribution is 5.93. The number of benzene rings is 2. The van der Waals surface area contributed by atoms with Crippen LogP contribution in [0.1, 0.15) is 12.8 Å². The van der Waals surface area contributed by atoms with Gasteiger partial charge in [0.1, 0.15) is 11.1 Å². The number of nitrogens with zero attached hydrogens (tertiary/aromatic N) is 4. The Hall–Kier alpha value is -3.02. The second-order valence-corrected chi connectivity index (χ2v) is 7.39. The first-order valence-corrected chi connectivity index (χ1v) is 9.36. The Morgan fingerprint density at radius 2 is 1.70 bits per heavy atom. The van der Waals surface area contributed by atoms with Gasteiger partial charge in [0, 0.05) is 25.8 Å². The molecule has 6 heteroatoms. The van der Waals surface area contributed by atoms with Crippen molar-refractivity contribution < 1.29 is 9.21 Å². The lowest BCUT2D eigenvalue weighted by Crippen LogP contribution is -2.56. The van der Waals surface area contributed by atoms with Crippen LogP contribution in [0.2, 0.25) is 0 Å². The Balaban J connectivity index is 1.42. The van der Waals surface area contributed by atoms with Gasteiger partial charge in [-0.25, -0.2) is 0 Å². The van der Waals surface area contributed by atoms with Gasteiger partial charge in [0.2, 0.25) is 5.91 Å². The van der Waals surface area contributed by atoms with Crippen molar-refractivity contribution in [3.05, 3.63) is 54.6 Å². The standard InChI is InChI=1S/C21H22N4O2/c1-23-15-25(16-7-3-2-4-8-16)21(19(23)26)11-13-24(14-12-21)20-22-17-9-5-6-10-18(17)27-20/h2-10H,11-15H2,1H3. The molecule has 0 radical (unpaired) electrons. The van der Waals surface area contributed by atoms with Gasteiger partial charge in [-0.1, -0.05) is 30.3 Å². The Morgan fingerprint density at radius 3 is 2.44 bits per heavy atom. The van der Waals surface area contributed by atoms with Crippen LogP contribution in [-0.2, 0) is 4.79 Å². The van der Waals surface area contributed by atoms with Crippen LogP contribution in [-0.4, -0.2) is 48.1 Å². The molecule has 1 aromatic heterocycles. The largest absolute Gasteiger partial charge is 0.423 e. The Morgan fingerprint density at radius 1 is 1.00 bits per heavy atom. The van der Waals surface area contributed by atoms with Crippen molar-refractivity contribution in [2.45, 2.75) is 18.4 Å². The Kier molecular flexibility index (Phi) is 3.60. The zero-order valence-corrected chi connectivity index (χ0v) is 15.3. The fourth-order valence-corrected chi connectivity index (χ4v) is 4.37. The molecule has 27 heavy (non-hydrogen) atoms. The molecule has 2 aliphatic heterocycles. The third-order valence-electron chi connectivity index (χ3n) is 5.83. The SMILES string of the molecule is CN1CN(c2ccccc2)C2(CCN(c3nc4ccccc4o3)CC2)C1=O. The van der Waals surface area contributed by atoms with Crippen molar-refractivity contribution in [3.63, 3.8) is 0 Å². The lowest BCUT2D eigenvalue weighted by Gasteiger charge is -2.42. The molecule has 1 spiro atoms. The van der Waals surface area contributed by atoms with Gasteiger partial charge in [0.05, 0.1) is 6.67 Å². The molecule has 0 bridgehead atoms. The van der Waals surface area contributed by atoms with Crippen LogP contribution in [0.25, 0.3) is 11.1 Å². The predicted octanol–water partition coefficient (Wildman–Crippen LogP) is 3.10. The summed E-state index contributed by atoms with van der Waals surface area (Å²) in [6, 6.07) is 18.7. The highest BCUT2D eigenvalue weighted by Crippen LogP contribution is 2.39. The maximum atomic E-state index is 13.1.